The third kappa shape index (κ3) is 2.20. The van der Waals surface area contributed by atoms with Gasteiger partial charge >= 0.3 is 5.97 Å². The van der Waals surface area contributed by atoms with Gasteiger partial charge in [0.2, 0.25) is 0 Å². The molecule has 0 aliphatic carbocycles. The molecule has 0 fully saturated rings. The summed E-state index contributed by atoms with van der Waals surface area (Å²) < 4.78 is 6.66. The molecular weight excluding hydrogens is 230 g/mol. The molecule has 0 saturated carbocycles. The average molecular weight is 247 g/mol. The van der Waals surface area contributed by atoms with Crippen molar-refractivity contribution in [2.24, 2.45) is 0 Å². The molecule has 0 aromatic carbocycles. The lowest BCUT2D eigenvalue weighted by Crippen LogP contribution is -2.06. The molecule has 0 spiro atoms. The van der Waals surface area contributed by atoms with Gasteiger partial charge in [0.25, 0.3) is 0 Å². The van der Waals surface area contributed by atoms with Gasteiger partial charge in [-0.25, -0.2) is 14.3 Å². The van der Waals surface area contributed by atoms with E-state index in [1.165, 1.54) is 0 Å². The van der Waals surface area contributed by atoms with Gasteiger partial charge in [0.1, 0.15) is 0 Å². The third-order valence-corrected chi connectivity index (χ3v) is 2.76. The molecule has 0 radical (unpaired) electrons. The largest absolute Gasteiger partial charge is 0.461 e. The zero-order valence-corrected chi connectivity index (χ0v) is 10.9. The van der Waals surface area contributed by atoms with Crippen LogP contribution in [0.25, 0.3) is 5.65 Å². The summed E-state index contributed by atoms with van der Waals surface area (Å²) in [4.78, 5) is 16.1. The van der Waals surface area contributed by atoms with E-state index in [0.717, 1.165) is 24.2 Å². The lowest BCUT2D eigenvalue weighted by molar-refractivity contribution is 0.0519. The van der Waals surface area contributed by atoms with Crippen molar-refractivity contribution in [3.63, 3.8) is 0 Å². The number of carbonyl (C=O) groups excluding carboxylic acids is 1. The fourth-order valence-electron chi connectivity index (χ4n) is 1.83. The predicted octanol–water partition coefficient (Wildman–Crippen LogP) is 2.03. The van der Waals surface area contributed by atoms with E-state index < -0.39 is 5.97 Å². The van der Waals surface area contributed by atoms with Gasteiger partial charge in [-0.3, -0.25) is 0 Å². The Labute approximate surface area is 106 Å². The Morgan fingerprint density at radius 1 is 1.28 bits per heavy atom. The molecule has 0 N–H and O–H groups in total. The van der Waals surface area contributed by atoms with E-state index in [9.17, 15) is 4.79 Å². The number of esters is 1. The van der Waals surface area contributed by atoms with Crippen LogP contribution in [0, 0.1) is 0 Å². The van der Waals surface area contributed by atoms with Crippen molar-refractivity contribution in [2.75, 3.05) is 6.61 Å². The van der Waals surface area contributed by atoms with Gasteiger partial charge in [0, 0.05) is 17.5 Å². The van der Waals surface area contributed by atoms with E-state index in [0.29, 0.717) is 17.9 Å². The molecule has 0 aliphatic heterocycles. The van der Waals surface area contributed by atoms with Gasteiger partial charge in [0.15, 0.2) is 11.3 Å². The zero-order chi connectivity index (χ0) is 13.1. The van der Waals surface area contributed by atoms with Crippen molar-refractivity contribution in [1.29, 1.82) is 0 Å². The molecule has 0 atom stereocenters. The lowest BCUT2D eigenvalue weighted by atomic mass is 10.2. The molecule has 0 aliphatic rings. The van der Waals surface area contributed by atoms with E-state index in [4.69, 9.17) is 4.74 Å². The topological polar surface area (TPSA) is 56.5 Å². The van der Waals surface area contributed by atoms with Gasteiger partial charge in [-0.2, -0.15) is 5.10 Å². The summed E-state index contributed by atoms with van der Waals surface area (Å²) in [6.45, 7) is 6.24. The molecule has 2 aromatic rings. The first-order chi connectivity index (χ1) is 8.69. The van der Waals surface area contributed by atoms with Gasteiger partial charge in [-0.05, 0) is 25.8 Å². The first kappa shape index (κ1) is 12.5. The Morgan fingerprint density at radius 2 is 2.06 bits per heavy atom. The highest BCUT2D eigenvalue weighted by atomic mass is 16.5. The van der Waals surface area contributed by atoms with Crippen LogP contribution in [0.3, 0.4) is 0 Å². The second kappa shape index (κ2) is 5.16. The Morgan fingerprint density at radius 3 is 2.67 bits per heavy atom. The zero-order valence-electron chi connectivity index (χ0n) is 10.9. The van der Waals surface area contributed by atoms with Crippen molar-refractivity contribution in [2.45, 2.75) is 33.6 Å². The highest BCUT2D eigenvalue weighted by molar-refractivity contribution is 5.88. The normalized spacial score (nSPS) is 10.8. The second-order valence-corrected chi connectivity index (χ2v) is 3.97. The van der Waals surface area contributed by atoms with E-state index in [2.05, 4.69) is 23.9 Å². The molecule has 18 heavy (non-hydrogen) atoms. The molecule has 2 rings (SSSR count). The minimum Gasteiger partial charge on any atom is -0.461 e. The standard InChI is InChI=1S/C13H17N3O2/c1-4-9-7-10(5-2)16-12(14-9)8-11(15-16)13(17)18-6-3/h7-8H,4-6H2,1-3H3. The maximum absolute atomic E-state index is 11.6. The van der Waals surface area contributed by atoms with Crippen LogP contribution in [0.1, 0.15) is 42.6 Å². The van der Waals surface area contributed by atoms with Gasteiger partial charge in [-0.1, -0.05) is 13.8 Å². The van der Waals surface area contributed by atoms with E-state index in [1.54, 1.807) is 17.5 Å². The number of hydrogen-bond donors (Lipinski definition) is 0. The van der Waals surface area contributed by atoms with Crippen LogP contribution in [0.15, 0.2) is 12.1 Å². The number of fused-ring (bicyclic) bond motifs is 1. The van der Waals surface area contributed by atoms with Gasteiger partial charge in [0.05, 0.1) is 6.61 Å². The number of rotatable bonds is 4. The number of aryl methyl sites for hydroxylation is 2. The summed E-state index contributed by atoms with van der Waals surface area (Å²) in [5, 5.41) is 4.26. The molecule has 0 amide bonds. The smallest absolute Gasteiger partial charge is 0.358 e. The van der Waals surface area contributed by atoms with E-state index >= 15 is 0 Å². The Balaban J connectivity index is 2.52. The number of aromatic nitrogens is 3. The minimum absolute atomic E-state index is 0.312. The summed E-state index contributed by atoms with van der Waals surface area (Å²) in [6.07, 6.45) is 1.71. The molecule has 2 aromatic heterocycles. The summed E-state index contributed by atoms with van der Waals surface area (Å²) in [7, 11) is 0. The lowest BCUT2D eigenvalue weighted by Gasteiger charge is -2.03. The Kier molecular flexibility index (Phi) is 3.60. The number of hydrogen-bond acceptors (Lipinski definition) is 4. The van der Waals surface area contributed by atoms with E-state index in [-0.39, 0.29) is 0 Å². The molecule has 5 nitrogen and oxygen atoms in total. The third-order valence-electron chi connectivity index (χ3n) is 2.76. The molecule has 96 valence electrons. The Bertz CT molecular complexity index is 575. The van der Waals surface area contributed by atoms with Crippen molar-refractivity contribution in [3.05, 3.63) is 29.2 Å². The SMILES string of the molecule is CCOC(=O)c1cc2nc(CC)cc(CC)n2n1. The summed E-state index contributed by atoms with van der Waals surface area (Å²) >= 11 is 0. The van der Waals surface area contributed by atoms with Crippen LogP contribution in [0.5, 0.6) is 0 Å². The summed E-state index contributed by atoms with van der Waals surface area (Å²) in [5.41, 5.74) is 3.07. The fraction of sp³-hybridized carbons (Fsp3) is 0.462. The summed E-state index contributed by atoms with van der Waals surface area (Å²) in [5.74, 6) is -0.400. The number of nitrogens with zero attached hydrogens (tertiary/aromatic N) is 3. The number of carbonyl (C=O) groups is 1. The Hall–Kier alpha value is -1.91. The van der Waals surface area contributed by atoms with Crippen molar-refractivity contribution < 1.29 is 9.53 Å². The maximum atomic E-state index is 11.6. The molecular formula is C13H17N3O2. The average Bonchev–Trinajstić information content (AvgIpc) is 2.81. The quantitative estimate of drug-likeness (QED) is 0.776. The van der Waals surface area contributed by atoms with Gasteiger partial charge in [-0.15, -0.1) is 0 Å². The van der Waals surface area contributed by atoms with Crippen LogP contribution >= 0.6 is 0 Å². The molecule has 5 heteroatoms. The first-order valence-electron chi connectivity index (χ1n) is 6.25. The molecule has 2 heterocycles. The monoisotopic (exact) mass is 247 g/mol. The van der Waals surface area contributed by atoms with Crippen LogP contribution in [0.4, 0.5) is 0 Å². The van der Waals surface area contributed by atoms with Gasteiger partial charge < -0.3 is 4.74 Å². The van der Waals surface area contributed by atoms with Crippen LogP contribution in [-0.2, 0) is 17.6 Å². The molecule has 0 unspecified atom stereocenters. The van der Waals surface area contributed by atoms with Crippen LogP contribution < -0.4 is 0 Å². The number of ether oxygens (including phenoxy) is 1. The minimum atomic E-state index is -0.400. The second-order valence-electron chi connectivity index (χ2n) is 3.97. The molecule has 0 saturated heterocycles. The molecule has 0 bridgehead atoms. The fourth-order valence-corrected chi connectivity index (χ4v) is 1.83. The highest BCUT2D eigenvalue weighted by Crippen LogP contribution is 2.12. The summed E-state index contributed by atoms with van der Waals surface area (Å²) in [6, 6.07) is 3.70. The predicted molar refractivity (Wildman–Crippen MR) is 67.7 cm³/mol. The van der Waals surface area contributed by atoms with Crippen molar-refractivity contribution in [3.8, 4) is 0 Å². The van der Waals surface area contributed by atoms with Crippen LogP contribution in [0.2, 0.25) is 0 Å². The first-order valence-corrected chi connectivity index (χ1v) is 6.25. The van der Waals surface area contributed by atoms with Crippen molar-refractivity contribution >= 4 is 11.6 Å². The van der Waals surface area contributed by atoms with E-state index in [1.807, 2.05) is 6.07 Å². The maximum Gasteiger partial charge on any atom is 0.358 e. The van der Waals surface area contributed by atoms with Crippen molar-refractivity contribution in [1.82, 2.24) is 14.6 Å². The van der Waals surface area contributed by atoms with Crippen LogP contribution in [-0.4, -0.2) is 27.2 Å². The highest BCUT2D eigenvalue weighted by Gasteiger charge is 2.14.